The van der Waals surface area contributed by atoms with Crippen LogP contribution in [0.3, 0.4) is 0 Å². The molecule has 1 saturated heterocycles. The number of benzene rings is 1. The molecule has 1 amide bonds. The van der Waals surface area contributed by atoms with Gasteiger partial charge >= 0.3 is 0 Å². The quantitative estimate of drug-likeness (QED) is 0.644. The highest BCUT2D eigenvalue weighted by atomic mass is 32.1. The van der Waals surface area contributed by atoms with Crippen molar-refractivity contribution in [2.24, 2.45) is 0 Å². The smallest absolute Gasteiger partial charge is 0.266 e. The number of ether oxygens (including phenoxy) is 2. The number of nitrogens with one attached hydrogen (secondary N) is 1. The summed E-state index contributed by atoms with van der Waals surface area (Å²) >= 11 is 1.41. The molecule has 0 radical (unpaired) electrons. The lowest BCUT2D eigenvalue weighted by atomic mass is 10.1. The first-order chi connectivity index (χ1) is 14.5. The molecule has 3 heterocycles. The molecular formula is C22H26N4O3S. The molecule has 7 nitrogen and oxygen atoms in total. The number of hydrogen-bond acceptors (Lipinski definition) is 7. The molecular weight excluding hydrogens is 400 g/mol. The second-order valence-electron chi connectivity index (χ2n) is 7.40. The van der Waals surface area contributed by atoms with Gasteiger partial charge in [-0.25, -0.2) is 9.97 Å². The molecule has 1 aliphatic heterocycles. The largest absolute Gasteiger partial charge is 0.497 e. The lowest BCUT2D eigenvalue weighted by Crippen LogP contribution is -2.30. The first-order valence-electron chi connectivity index (χ1n) is 10.1. The van der Waals surface area contributed by atoms with Crippen LogP contribution in [0.5, 0.6) is 11.5 Å². The number of carbonyl (C=O) groups is 1. The number of thiophene rings is 1. The van der Waals surface area contributed by atoms with Gasteiger partial charge in [0.05, 0.1) is 30.2 Å². The Morgan fingerprint density at radius 3 is 2.57 bits per heavy atom. The fraction of sp³-hybridized carbons (Fsp3) is 0.409. The average molecular weight is 427 g/mol. The van der Waals surface area contributed by atoms with Crippen LogP contribution in [-0.4, -0.2) is 43.2 Å². The molecule has 1 aliphatic rings. The number of piperidine rings is 1. The highest BCUT2D eigenvalue weighted by Gasteiger charge is 2.24. The second-order valence-corrected chi connectivity index (χ2v) is 8.40. The van der Waals surface area contributed by atoms with Crippen molar-refractivity contribution in [3.63, 3.8) is 0 Å². The highest BCUT2D eigenvalue weighted by Crippen LogP contribution is 2.37. The molecule has 0 spiro atoms. The monoisotopic (exact) mass is 426 g/mol. The van der Waals surface area contributed by atoms with Crippen LogP contribution in [0.2, 0.25) is 0 Å². The van der Waals surface area contributed by atoms with Crippen molar-refractivity contribution in [1.82, 2.24) is 9.97 Å². The van der Waals surface area contributed by atoms with Crippen LogP contribution in [-0.2, 0) is 0 Å². The minimum atomic E-state index is -0.190. The minimum absolute atomic E-state index is 0.190. The molecule has 4 rings (SSSR count). The molecule has 2 aromatic heterocycles. The third kappa shape index (κ3) is 3.79. The maximum Gasteiger partial charge on any atom is 0.266 e. The van der Waals surface area contributed by atoms with E-state index in [4.69, 9.17) is 14.5 Å². The average Bonchev–Trinajstić information content (AvgIpc) is 3.10. The van der Waals surface area contributed by atoms with E-state index < -0.39 is 0 Å². The summed E-state index contributed by atoms with van der Waals surface area (Å²) in [6, 6.07) is 5.32. The number of aromatic nitrogens is 2. The Labute approximate surface area is 180 Å². The Morgan fingerprint density at radius 2 is 1.87 bits per heavy atom. The van der Waals surface area contributed by atoms with Crippen molar-refractivity contribution < 1.29 is 14.3 Å². The summed E-state index contributed by atoms with van der Waals surface area (Å²) in [6.45, 7) is 5.86. The zero-order chi connectivity index (χ0) is 21.3. The highest BCUT2D eigenvalue weighted by molar-refractivity contribution is 7.20. The molecule has 8 heteroatoms. The molecule has 1 N–H and O–H groups in total. The minimum Gasteiger partial charge on any atom is -0.497 e. The van der Waals surface area contributed by atoms with E-state index in [1.807, 2.05) is 13.8 Å². The van der Waals surface area contributed by atoms with Gasteiger partial charge in [-0.05, 0) is 50.8 Å². The molecule has 1 fully saturated rings. The molecule has 1 aromatic carbocycles. The summed E-state index contributed by atoms with van der Waals surface area (Å²) < 4.78 is 10.7. The van der Waals surface area contributed by atoms with Gasteiger partial charge in [-0.3, -0.25) is 4.79 Å². The summed E-state index contributed by atoms with van der Waals surface area (Å²) in [4.78, 5) is 26.4. The first-order valence-corrected chi connectivity index (χ1v) is 10.9. The van der Waals surface area contributed by atoms with Gasteiger partial charge in [-0.2, -0.15) is 0 Å². The molecule has 0 bridgehead atoms. The number of carbonyl (C=O) groups excluding carboxylic acids is 1. The Hall–Kier alpha value is -2.87. The van der Waals surface area contributed by atoms with Crippen molar-refractivity contribution in [3.8, 4) is 11.5 Å². The van der Waals surface area contributed by atoms with Crippen LogP contribution in [0.15, 0.2) is 18.2 Å². The Kier molecular flexibility index (Phi) is 5.76. The lowest BCUT2D eigenvalue weighted by molar-refractivity contribution is 0.102. The molecule has 158 valence electrons. The third-order valence-electron chi connectivity index (χ3n) is 5.40. The number of amides is 1. The summed E-state index contributed by atoms with van der Waals surface area (Å²) in [5, 5.41) is 3.95. The maximum atomic E-state index is 13.2. The van der Waals surface area contributed by atoms with Gasteiger partial charge in [-0.15, -0.1) is 11.3 Å². The van der Waals surface area contributed by atoms with Gasteiger partial charge < -0.3 is 19.7 Å². The summed E-state index contributed by atoms with van der Waals surface area (Å²) in [5.74, 6) is 2.71. The van der Waals surface area contributed by atoms with E-state index in [1.165, 1.54) is 17.8 Å². The first kappa shape index (κ1) is 20.4. The van der Waals surface area contributed by atoms with Crippen LogP contribution < -0.4 is 19.7 Å². The van der Waals surface area contributed by atoms with Crippen molar-refractivity contribution in [2.45, 2.75) is 33.1 Å². The number of aryl methyl sites for hydroxylation is 2. The second kappa shape index (κ2) is 8.47. The molecule has 0 atom stereocenters. The summed E-state index contributed by atoms with van der Waals surface area (Å²) in [5.41, 5.74) is 1.48. The molecule has 30 heavy (non-hydrogen) atoms. The number of fused-ring (bicyclic) bond motifs is 1. The lowest BCUT2D eigenvalue weighted by Gasteiger charge is -2.28. The fourth-order valence-corrected chi connectivity index (χ4v) is 4.98. The van der Waals surface area contributed by atoms with Gasteiger partial charge in [0, 0.05) is 19.2 Å². The SMILES string of the molecule is COc1ccc(OC)c(NC(=O)c2sc3nc(C)nc(N4CCCCC4)c3c2C)c1. The number of anilines is 2. The van der Waals surface area contributed by atoms with Crippen molar-refractivity contribution in [2.75, 3.05) is 37.5 Å². The van der Waals surface area contributed by atoms with Gasteiger partial charge in [0.1, 0.15) is 28.0 Å². The number of rotatable bonds is 5. The zero-order valence-electron chi connectivity index (χ0n) is 17.7. The van der Waals surface area contributed by atoms with E-state index in [0.29, 0.717) is 22.1 Å². The molecule has 0 saturated carbocycles. The predicted octanol–water partition coefficient (Wildman–Crippen LogP) is 4.57. The Morgan fingerprint density at radius 1 is 1.10 bits per heavy atom. The maximum absolute atomic E-state index is 13.2. The predicted molar refractivity (Wildman–Crippen MR) is 120 cm³/mol. The van der Waals surface area contributed by atoms with Crippen LogP contribution in [0.25, 0.3) is 10.2 Å². The Balaban J connectivity index is 1.73. The fourth-order valence-electron chi connectivity index (χ4n) is 3.86. The van der Waals surface area contributed by atoms with E-state index in [2.05, 4.69) is 15.2 Å². The number of hydrogen-bond donors (Lipinski definition) is 1. The van der Waals surface area contributed by atoms with Crippen LogP contribution in [0.1, 0.15) is 40.3 Å². The van der Waals surface area contributed by atoms with Gasteiger partial charge in [0.15, 0.2) is 0 Å². The van der Waals surface area contributed by atoms with Crippen LogP contribution in [0, 0.1) is 13.8 Å². The van der Waals surface area contributed by atoms with E-state index in [-0.39, 0.29) is 5.91 Å². The normalized spacial score (nSPS) is 14.1. The molecule has 0 aliphatic carbocycles. The van der Waals surface area contributed by atoms with Crippen molar-refractivity contribution >= 4 is 39.0 Å². The van der Waals surface area contributed by atoms with Crippen LogP contribution in [0.4, 0.5) is 11.5 Å². The van der Waals surface area contributed by atoms with Crippen molar-refractivity contribution in [1.29, 1.82) is 0 Å². The third-order valence-corrected chi connectivity index (χ3v) is 6.58. The van der Waals surface area contributed by atoms with Gasteiger partial charge in [-0.1, -0.05) is 0 Å². The zero-order valence-corrected chi connectivity index (χ0v) is 18.6. The topological polar surface area (TPSA) is 76.6 Å². The van der Waals surface area contributed by atoms with Crippen molar-refractivity contribution in [3.05, 3.63) is 34.5 Å². The van der Waals surface area contributed by atoms with E-state index in [1.54, 1.807) is 32.4 Å². The Bertz CT molecular complexity index is 1090. The van der Waals surface area contributed by atoms with E-state index in [9.17, 15) is 4.79 Å². The molecule has 3 aromatic rings. The van der Waals surface area contributed by atoms with Gasteiger partial charge in [0.25, 0.3) is 5.91 Å². The van der Waals surface area contributed by atoms with E-state index >= 15 is 0 Å². The van der Waals surface area contributed by atoms with Gasteiger partial charge in [0.2, 0.25) is 0 Å². The summed E-state index contributed by atoms with van der Waals surface area (Å²) in [7, 11) is 3.16. The standard InChI is InChI=1S/C22H26N4O3S/c1-13-18-20(26-10-6-5-7-11-26)23-14(2)24-22(18)30-19(13)21(27)25-16-12-15(28-3)8-9-17(16)29-4/h8-9,12H,5-7,10-11H2,1-4H3,(H,25,27). The summed E-state index contributed by atoms with van der Waals surface area (Å²) in [6.07, 6.45) is 3.58. The van der Waals surface area contributed by atoms with E-state index in [0.717, 1.165) is 53.4 Å². The number of methoxy groups -OCH3 is 2. The number of nitrogens with zero attached hydrogens (tertiary/aromatic N) is 3. The molecule has 0 unspecified atom stereocenters. The van der Waals surface area contributed by atoms with Crippen LogP contribution >= 0.6 is 11.3 Å².